The van der Waals surface area contributed by atoms with E-state index >= 15 is 0 Å². The summed E-state index contributed by atoms with van der Waals surface area (Å²) in [5.41, 5.74) is 4.18. The largest absolute Gasteiger partial charge is 0.351 e. The van der Waals surface area contributed by atoms with Gasteiger partial charge in [-0.25, -0.2) is 4.98 Å². The van der Waals surface area contributed by atoms with Crippen LogP contribution in [0.25, 0.3) is 0 Å². The van der Waals surface area contributed by atoms with E-state index in [0.717, 1.165) is 55.3 Å². The maximum absolute atomic E-state index is 11.2. The molecule has 2 aromatic heterocycles. The number of hydrogen-bond donors (Lipinski definition) is 2. The van der Waals surface area contributed by atoms with Crippen LogP contribution in [0.4, 0.5) is 0 Å². The summed E-state index contributed by atoms with van der Waals surface area (Å²) in [5, 5.41) is 2.82. The van der Waals surface area contributed by atoms with E-state index in [2.05, 4.69) is 37.1 Å². The summed E-state index contributed by atoms with van der Waals surface area (Å²) >= 11 is 0. The quantitative estimate of drug-likeness (QED) is 0.869. The highest BCUT2D eigenvalue weighted by molar-refractivity contribution is 5.72. The number of H-pyrrole nitrogens is 1. The van der Waals surface area contributed by atoms with Crippen molar-refractivity contribution in [1.29, 1.82) is 0 Å². The van der Waals surface area contributed by atoms with Crippen LogP contribution in [-0.2, 0) is 17.9 Å². The lowest BCUT2D eigenvalue weighted by molar-refractivity contribution is -0.119. The van der Waals surface area contributed by atoms with E-state index in [1.807, 2.05) is 0 Å². The van der Waals surface area contributed by atoms with Crippen LogP contribution in [0.5, 0.6) is 0 Å². The Balaban J connectivity index is 1.60. The van der Waals surface area contributed by atoms with E-state index in [1.54, 1.807) is 18.7 Å². The van der Waals surface area contributed by atoms with Crippen molar-refractivity contribution in [3.63, 3.8) is 0 Å². The van der Waals surface area contributed by atoms with Crippen LogP contribution in [0.3, 0.4) is 0 Å². The van der Waals surface area contributed by atoms with Gasteiger partial charge in [-0.05, 0) is 32.9 Å². The number of aromatic amines is 1. The summed E-state index contributed by atoms with van der Waals surface area (Å²) in [5.74, 6) is 0.356. The van der Waals surface area contributed by atoms with Gasteiger partial charge in [0.2, 0.25) is 5.91 Å². The van der Waals surface area contributed by atoms with Crippen molar-refractivity contribution in [3.8, 4) is 0 Å². The number of piperidine rings is 1. The van der Waals surface area contributed by atoms with Crippen molar-refractivity contribution in [3.05, 3.63) is 41.5 Å². The van der Waals surface area contributed by atoms with Gasteiger partial charge in [0.1, 0.15) is 0 Å². The zero-order chi connectivity index (χ0) is 16.9. The third kappa shape index (κ3) is 3.97. The Kier molecular flexibility index (Phi) is 5.20. The molecule has 1 saturated heterocycles. The van der Waals surface area contributed by atoms with E-state index in [4.69, 9.17) is 0 Å². The number of nitrogens with zero attached hydrogens (tertiary/aromatic N) is 4. The third-order valence-corrected chi connectivity index (χ3v) is 4.59. The molecule has 0 aliphatic carbocycles. The second kappa shape index (κ2) is 7.53. The number of nitrogens with one attached hydrogen (secondary N) is 2. The van der Waals surface area contributed by atoms with Gasteiger partial charge in [-0.15, -0.1) is 0 Å². The summed E-state index contributed by atoms with van der Waals surface area (Å²) in [7, 11) is 0. The van der Waals surface area contributed by atoms with Gasteiger partial charge in [-0.1, -0.05) is 0 Å². The van der Waals surface area contributed by atoms with Crippen LogP contribution in [0.2, 0.25) is 0 Å². The second-order valence-electron chi connectivity index (χ2n) is 6.32. The minimum absolute atomic E-state index is 0.0456. The van der Waals surface area contributed by atoms with Crippen molar-refractivity contribution in [2.24, 2.45) is 0 Å². The topological polar surface area (TPSA) is 86.8 Å². The molecule has 0 radical (unpaired) electrons. The molecule has 0 atom stereocenters. The number of aromatic nitrogens is 4. The van der Waals surface area contributed by atoms with E-state index in [9.17, 15) is 4.79 Å². The Bertz CT molecular complexity index is 690. The minimum Gasteiger partial charge on any atom is -0.351 e. The number of carbonyl (C=O) groups is 1. The fraction of sp³-hybridized carbons (Fsp3) is 0.529. The molecule has 1 amide bonds. The van der Waals surface area contributed by atoms with Crippen LogP contribution >= 0.6 is 0 Å². The number of amides is 1. The van der Waals surface area contributed by atoms with E-state index < -0.39 is 0 Å². The molecule has 128 valence electrons. The third-order valence-electron chi connectivity index (χ3n) is 4.59. The molecule has 2 aromatic rings. The Labute approximate surface area is 141 Å². The van der Waals surface area contributed by atoms with Crippen LogP contribution in [-0.4, -0.2) is 43.8 Å². The van der Waals surface area contributed by atoms with E-state index in [0.29, 0.717) is 12.5 Å². The van der Waals surface area contributed by atoms with Crippen molar-refractivity contribution in [2.75, 3.05) is 13.1 Å². The summed E-state index contributed by atoms with van der Waals surface area (Å²) in [6, 6.07) is 0. The number of carbonyl (C=O) groups excluding carboxylic acids is 1. The number of aryl methyl sites for hydroxylation is 1. The van der Waals surface area contributed by atoms with Gasteiger partial charge >= 0.3 is 0 Å². The first-order chi connectivity index (χ1) is 11.6. The maximum atomic E-state index is 11.2. The molecule has 0 unspecified atom stereocenters. The first-order valence-electron chi connectivity index (χ1n) is 8.39. The van der Waals surface area contributed by atoms with Crippen LogP contribution in [0.15, 0.2) is 18.7 Å². The second-order valence-corrected chi connectivity index (χ2v) is 6.32. The highest BCUT2D eigenvalue weighted by atomic mass is 16.1. The molecule has 1 aliphatic rings. The Morgan fingerprint density at radius 1 is 1.25 bits per heavy atom. The molecular weight excluding hydrogens is 304 g/mol. The van der Waals surface area contributed by atoms with Gasteiger partial charge in [0.25, 0.3) is 0 Å². The normalized spacial score (nSPS) is 16.2. The fourth-order valence-corrected chi connectivity index (χ4v) is 3.19. The van der Waals surface area contributed by atoms with Crippen LogP contribution < -0.4 is 5.32 Å². The Morgan fingerprint density at radius 2 is 2.00 bits per heavy atom. The molecule has 3 heterocycles. The molecule has 2 N–H and O–H groups in total. The molecule has 7 heteroatoms. The monoisotopic (exact) mass is 328 g/mol. The maximum Gasteiger partial charge on any atom is 0.217 e. The lowest BCUT2D eigenvalue weighted by atomic mass is 9.91. The molecule has 24 heavy (non-hydrogen) atoms. The number of imidazole rings is 1. The molecule has 1 aliphatic heterocycles. The van der Waals surface area contributed by atoms with Gasteiger partial charge in [0, 0.05) is 37.5 Å². The SMILES string of the molecule is CC(=O)NCc1nccnc1C1CCN(Cc2nc[nH]c2C)CC1. The summed E-state index contributed by atoms with van der Waals surface area (Å²) in [4.78, 5) is 30.1. The highest BCUT2D eigenvalue weighted by Crippen LogP contribution is 2.28. The first-order valence-corrected chi connectivity index (χ1v) is 8.39. The summed E-state index contributed by atoms with van der Waals surface area (Å²) in [6.07, 6.45) is 7.29. The lowest BCUT2D eigenvalue weighted by Crippen LogP contribution is -2.33. The van der Waals surface area contributed by atoms with Gasteiger partial charge in [0.15, 0.2) is 0 Å². The lowest BCUT2D eigenvalue weighted by Gasteiger charge is -2.31. The fourth-order valence-electron chi connectivity index (χ4n) is 3.19. The molecule has 0 aromatic carbocycles. The van der Waals surface area contributed by atoms with E-state index in [-0.39, 0.29) is 5.91 Å². The van der Waals surface area contributed by atoms with Gasteiger partial charge in [-0.2, -0.15) is 0 Å². The average Bonchev–Trinajstić information content (AvgIpc) is 2.99. The summed E-state index contributed by atoms with van der Waals surface area (Å²) in [6.45, 7) is 6.96. The number of likely N-dealkylation sites (tertiary alicyclic amines) is 1. The van der Waals surface area contributed by atoms with Crippen LogP contribution in [0, 0.1) is 6.92 Å². The van der Waals surface area contributed by atoms with Crippen molar-refractivity contribution < 1.29 is 4.79 Å². The van der Waals surface area contributed by atoms with Crippen molar-refractivity contribution >= 4 is 5.91 Å². The van der Waals surface area contributed by atoms with Gasteiger partial charge < -0.3 is 10.3 Å². The first kappa shape index (κ1) is 16.6. The predicted octanol–water partition coefficient (Wildman–Crippen LogP) is 1.52. The molecule has 0 saturated carbocycles. The molecule has 3 rings (SSSR count). The Hall–Kier alpha value is -2.28. The van der Waals surface area contributed by atoms with Crippen molar-refractivity contribution in [1.82, 2.24) is 30.2 Å². The average molecular weight is 328 g/mol. The van der Waals surface area contributed by atoms with Crippen LogP contribution in [0.1, 0.15) is 48.5 Å². The predicted molar refractivity (Wildman–Crippen MR) is 90.1 cm³/mol. The molecule has 7 nitrogen and oxygen atoms in total. The molecule has 1 fully saturated rings. The highest BCUT2D eigenvalue weighted by Gasteiger charge is 2.24. The number of rotatable bonds is 5. The van der Waals surface area contributed by atoms with Gasteiger partial charge in [0.05, 0.1) is 30.0 Å². The van der Waals surface area contributed by atoms with Crippen molar-refractivity contribution in [2.45, 2.75) is 45.7 Å². The zero-order valence-corrected chi connectivity index (χ0v) is 14.2. The number of hydrogen-bond acceptors (Lipinski definition) is 5. The Morgan fingerprint density at radius 3 is 2.67 bits per heavy atom. The summed E-state index contributed by atoms with van der Waals surface area (Å²) < 4.78 is 0. The molecule has 0 spiro atoms. The molecule has 0 bridgehead atoms. The minimum atomic E-state index is -0.0456. The molecular formula is C17H24N6O. The van der Waals surface area contributed by atoms with E-state index in [1.165, 1.54) is 6.92 Å². The zero-order valence-electron chi connectivity index (χ0n) is 14.2. The smallest absolute Gasteiger partial charge is 0.217 e. The van der Waals surface area contributed by atoms with Gasteiger partial charge in [-0.3, -0.25) is 19.7 Å². The standard InChI is InChI=1S/C17H24N6O/c1-12-16(22-11-21-12)10-23-7-3-14(4-8-23)17-15(9-20-13(2)24)18-5-6-19-17/h5-6,11,14H,3-4,7-10H2,1-2H3,(H,20,24)(H,21,22).